The molecule has 0 spiro atoms. The van der Waals surface area contributed by atoms with Crippen LogP contribution in [0.15, 0.2) is 30.3 Å². The standard InChI is InChI=1S/C19H23F3N4O/c1-2-3-8-23-18(27)26-11-9-25(10-12-26)16-13-17(19(20,21)22)24-15-7-5-4-6-14(15)16/h4-7,13H,2-3,8-12H2,1H3,(H,23,27)/p+1. The van der Waals surface area contributed by atoms with Gasteiger partial charge < -0.3 is 15.1 Å². The summed E-state index contributed by atoms with van der Waals surface area (Å²) in [6.45, 7) is 4.64. The highest BCUT2D eigenvalue weighted by Gasteiger charge is 2.39. The van der Waals surface area contributed by atoms with Gasteiger partial charge in [-0.3, -0.25) is 0 Å². The largest absolute Gasteiger partial charge is 0.477 e. The molecule has 1 aliphatic heterocycles. The van der Waals surface area contributed by atoms with Gasteiger partial charge in [0.2, 0.25) is 5.52 Å². The second-order valence-electron chi connectivity index (χ2n) is 6.67. The lowest BCUT2D eigenvalue weighted by Crippen LogP contribution is -2.52. The Morgan fingerprint density at radius 2 is 1.89 bits per heavy atom. The van der Waals surface area contributed by atoms with Crippen molar-refractivity contribution in [3.05, 3.63) is 36.0 Å². The topological polar surface area (TPSA) is 49.7 Å². The zero-order valence-corrected chi connectivity index (χ0v) is 15.3. The fourth-order valence-electron chi connectivity index (χ4n) is 3.26. The van der Waals surface area contributed by atoms with E-state index in [0.29, 0.717) is 43.9 Å². The minimum Gasteiger partial charge on any atom is -0.367 e. The Balaban J connectivity index is 1.78. The Labute approximate surface area is 156 Å². The lowest BCUT2D eigenvalue weighted by atomic mass is 10.1. The molecule has 1 saturated heterocycles. The van der Waals surface area contributed by atoms with E-state index in [-0.39, 0.29) is 6.03 Å². The van der Waals surface area contributed by atoms with Gasteiger partial charge in [0.15, 0.2) is 0 Å². The van der Waals surface area contributed by atoms with Crippen LogP contribution in [0.2, 0.25) is 0 Å². The quantitative estimate of drug-likeness (QED) is 0.826. The summed E-state index contributed by atoms with van der Waals surface area (Å²) in [5.41, 5.74) is 0.223. The van der Waals surface area contributed by atoms with Gasteiger partial charge >= 0.3 is 12.2 Å². The average molecular weight is 381 g/mol. The third kappa shape index (κ3) is 4.43. The van der Waals surface area contributed by atoms with Crippen LogP contribution < -0.4 is 15.2 Å². The Hall–Kier alpha value is -2.51. The number of aromatic nitrogens is 1. The normalized spacial score (nSPS) is 15.3. The summed E-state index contributed by atoms with van der Waals surface area (Å²) < 4.78 is 39.8. The highest BCUT2D eigenvalue weighted by Crippen LogP contribution is 2.32. The van der Waals surface area contributed by atoms with Crippen LogP contribution >= 0.6 is 0 Å². The number of H-pyrrole nitrogens is 1. The van der Waals surface area contributed by atoms with E-state index in [4.69, 9.17) is 0 Å². The zero-order valence-electron chi connectivity index (χ0n) is 15.3. The molecule has 0 saturated carbocycles. The number of piperazine rings is 1. The van der Waals surface area contributed by atoms with E-state index in [1.807, 2.05) is 17.0 Å². The van der Waals surface area contributed by atoms with Crippen LogP contribution in [0, 0.1) is 0 Å². The van der Waals surface area contributed by atoms with Crippen molar-refractivity contribution in [1.82, 2.24) is 10.2 Å². The number of fused-ring (bicyclic) bond motifs is 1. The monoisotopic (exact) mass is 381 g/mol. The average Bonchev–Trinajstić information content (AvgIpc) is 2.66. The number of hydrogen-bond acceptors (Lipinski definition) is 2. The Kier molecular flexibility index (Phi) is 5.72. The molecule has 0 aliphatic carbocycles. The van der Waals surface area contributed by atoms with Gasteiger partial charge in [-0.2, -0.15) is 13.2 Å². The van der Waals surface area contributed by atoms with Gasteiger partial charge in [-0.25, -0.2) is 9.78 Å². The first-order chi connectivity index (χ1) is 12.9. The molecule has 0 unspecified atom stereocenters. The SMILES string of the molecule is CCCCNC(=O)N1CCN(c2cc(C(F)(F)F)[nH+]c3ccccc23)CC1. The number of nitrogens with zero attached hydrogens (tertiary/aromatic N) is 2. The second kappa shape index (κ2) is 8.02. The minimum atomic E-state index is -4.44. The Morgan fingerprint density at radius 3 is 2.56 bits per heavy atom. The highest BCUT2D eigenvalue weighted by molar-refractivity contribution is 5.90. The van der Waals surface area contributed by atoms with E-state index in [2.05, 4.69) is 17.2 Å². The molecule has 2 amide bonds. The fourth-order valence-corrected chi connectivity index (χ4v) is 3.26. The van der Waals surface area contributed by atoms with Gasteiger partial charge in [0, 0.05) is 44.9 Å². The number of benzene rings is 1. The number of alkyl halides is 3. The minimum absolute atomic E-state index is 0.106. The molecule has 27 heavy (non-hydrogen) atoms. The number of aromatic amines is 1. The number of carbonyl (C=O) groups is 1. The van der Waals surface area contributed by atoms with Crippen molar-refractivity contribution < 1.29 is 22.9 Å². The number of unbranched alkanes of at least 4 members (excludes halogenated alkanes) is 1. The molecule has 5 nitrogen and oxygen atoms in total. The van der Waals surface area contributed by atoms with Gasteiger partial charge in [-0.05, 0) is 12.5 Å². The molecule has 2 heterocycles. The molecule has 1 aromatic carbocycles. The molecule has 2 aromatic rings. The van der Waals surface area contributed by atoms with E-state index in [0.717, 1.165) is 18.2 Å². The number of carbonyl (C=O) groups excluding carboxylic acids is 1. The van der Waals surface area contributed by atoms with Crippen LogP contribution in [0.1, 0.15) is 25.5 Å². The van der Waals surface area contributed by atoms with E-state index in [1.54, 1.807) is 17.0 Å². The summed E-state index contributed by atoms with van der Waals surface area (Å²) in [7, 11) is 0. The van der Waals surface area contributed by atoms with Crippen LogP contribution in [0.4, 0.5) is 23.7 Å². The fraction of sp³-hybridized carbons (Fsp3) is 0.474. The molecule has 1 aromatic heterocycles. The summed E-state index contributed by atoms with van der Waals surface area (Å²) in [5, 5.41) is 3.62. The number of amides is 2. The molecular weight excluding hydrogens is 357 g/mol. The Bertz CT molecular complexity index is 801. The summed E-state index contributed by atoms with van der Waals surface area (Å²) in [6, 6.07) is 8.03. The molecule has 1 aliphatic rings. The predicted octanol–water partition coefficient (Wildman–Crippen LogP) is 3.30. The van der Waals surface area contributed by atoms with Crippen molar-refractivity contribution >= 4 is 22.6 Å². The van der Waals surface area contributed by atoms with Gasteiger partial charge in [-0.1, -0.05) is 25.5 Å². The number of hydrogen-bond donors (Lipinski definition) is 1. The number of halogens is 3. The maximum atomic E-state index is 13.3. The third-order valence-corrected chi connectivity index (χ3v) is 4.77. The lowest BCUT2D eigenvalue weighted by Gasteiger charge is -2.36. The van der Waals surface area contributed by atoms with Crippen molar-refractivity contribution in [1.29, 1.82) is 0 Å². The van der Waals surface area contributed by atoms with Crippen molar-refractivity contribution in [2.75, 3.05) is 37.6 Å². The van der Waals surface area contributed by atoms with Gasteiger partial charge in [-0.15, -0.1) is 0 Å². The summed E-state index contributed by atoms with van der Waals surface area (Å²) in [5.74, 6) is 0. The molecule has 0 atom stereocenters. The maximum Gasteiger partial charge on any atom is 0.477 e. The molecule has 8 heteroatoms. The van der Waals surface area contributed by atoms with Gasteiger partial charge in [0.25, 0.3) is 5.69 Å². The number of rotatable bonds is 4. The highest BCUT2D eigenvalue weighted by atomic mass is 19.4. The Morgan fingerprint density at radius 1 is 1.19 bits per heavy atom. The van der Waals surface area contributed by atoms with Crippen LogP contribution in [0.25, 0.3) is 10.9 Å². The third-order valence-electron chi connectivity index (χ3n) is 4.77. The molecule has 0 bridgehead atoms. The molecule has 0 radical (unpaired) electrons. The van der Waals surface area contributed by atoms with Crippen molar-refractivity contribution in [3.63, 3.8) is 0 Å². The van der Waals surface area contributed by atoms with E-state index in [1.165, 1.54) is 6.07 Å². The van der Waals surface area contributed by atoms with Crippen molar-refractivity contribution in [2.24, 2.45) is 0 Å². The summed E-state index contributed by atoms with van der Waals surface area (Å²) in [4.78, 5) is 18.3. The second-order valence-corrected chi connectivity index (χ2v) is 6.67. The van der Waals surface area contributed by atoms with Crippen LogP contribution in [-0.2, 0) is 6.18 Å². The number of anilines is 1. The number of urea groups is 1. The molecule has 2 N–H and O–H groups in total. The van der Waals surface area contributed by atoms with Crippen molar-refractivity contribution in [3.8, 4) is 0 Å². The van der Waals surface area contributed by atoms with Crippen LogP contribution in [0.5, 0.6) is 0 Å². The molecular formula is C19H24F3N4O+. The first kappa shape index (κ1) is 19.3. The van der Waals surface area contributed by atoms with Crippen LogP contribution in [-0.4, -0.2) is 43.7 Å². The molecule has 3 rings (SSSR count). The van der Waals surface area contributed by atoms with E-state index in [9.17, 15) is 18.0 Å². The molecule has 146 valence electrons. The predicted molar refractivity (Wildman–Crippen MR) is 97.6 cm³/mol. The van der Waals surface area contributed by atoms with Gasteiger partial charge in [0.1, 0.15) is 0 Å². The first-order valence-electron chi connectivity index (χ1n) is 9.20. The lowest BCUT2D eigenvalue weighted by molar-refractivity contribution is -0.398. The van der Waals surface area contributed by atoms with Gasteiger partial charge in [0.05, 0.1) is 11.1 Å². The summed E-state index contributed by atoms with van der Waals surface area (Å²) in [6.07, 6.45) is -2.51. The van der Waals surface area contributed by atoms with E-state index >= 15 is 0 Å². The number of nitrogens with one attached hydrogen (secondary N) is 2. The first-order valence-corrected chi connectivity index (χ1v) is 9.20. The summed E-state index contributed by atoms with van der Waals surface area (Å²) >= 11 is 0. The number of para-hydroxylation sites is 1. The number of pyridine rings is 1. The van der Waals surface area contributed by atoms with Crippen LogP contribution in [0.3, 0.4) is 0 Å². The van der Waals surface area contributed by atoms with E-state index < -0.39 is 11.9 Å². The smallest absolute Gasteiger partial charge is 0.367 e. The molecule has 1 fully saturated rings. The maximum absolute atomic E-state index is 13.3. The zero-order chi connectivity index (χ0) is 19.4. The van der Waals surface area contributed by atoms with Crippen molar-refractivity contribution in [2.45, 2.75) is 25.9 Å².